The van der Waals surface area contributed by atoms with Crippen molar-refractivity contribution in [2.75, 3.05) is 13.1 Å². The molecule has 91 valence electrons. The van der Waals surface area contributed by atoms with Gasteiger partial charge >= 0.3 is 102 Å². The van der Waals surface area contributed by atoms with Gasteiger partial charge in [0.1, 0.15) is 0 Å². The summed E-state index contributed by atoms with van der Waals surface area (Å²) in [6.07, 6.45) is 6.56. The molecule has 5 nitrogen and oxygen atoms in total. The number of carbonyl (C=O) groups excluding carboxylic acids is 1. The second kappa shape index (κ2) is 6.91. The monoisotopic (exact) mass is 233 g/mol. The van der Waals surface area contributed by atoms with Crippen LogP contribution in [-0.2, 0) is 4.79 Å². The molecule has 1 atom stereocenters. The van der Waals surface area contributed by atoms with Crippen LogP contribution in [0, 0.1) is 0 Å². The molecular formula is C11H18BN4O. The van der Waals surface area contributed by atoms with Crippen LogP contribution in [-0.4, -0.2) is 38.2 Å². The van der Waals surface area contributed by atoms with E-state index in [1.807, 2.05) is 18.2 Å². The van der Waals surface area contributed by atoms with Gasteiger partial charge in [-0.2, -0.15) is 0 Å². The summed E-state index contributed by atoms with van der Waals surface area (Å²) in [5.41, 5.74) is 6.73. The van der Waals surface area contributed by atoms with E-state index in [1.165, 1.54) is 6.92 Å². The Balaban J connectivity index is 2.34. The van der Waals surface area contributed by atoms with Gasteiger partial charge in [0.2, 0.25) is 0 Å². The molecule has 17 heavy (non-hydrogen) atoms. The zero-order chi connectivity index (χ0) is 12.7. The van der Waals surface area contributed by atoms with E-state index in [2.05, 4.69) is 16.0 Å². The standard InChI is InChI=1S/C11H18BN4O/c1-8(17)15-9-2-4-10(5-3-9)16-11(12)14-7-6-13/h2,4-5,9,14,16H,3,6-7,13H2,1H3,(H,15,17). The van der Waals surface area contributed by atoms with Gasteiger partial charge in [0, 0.05) is 0 Å². The molecular weight excluding hydrogens is 215 g/mol. The van der Waals surface area contributed by atoms with Gasteiger partial charge in [-0.25, -0.2) is 0 Å². The van der Waals surface area contributed by atoms with Crippen LogP contribution >= 0.6 is 0 Å². The van der Waals surface area contributed by atoms with Crippen LogP contribution in [0.2, 0.25) is 0 Å². The van der Waals surface area contributed by atoms with Crippen LogP contribution in [0.1, 0.15) is 13.3 Å². The number of allylic oxidation sites excluding steroid dienone is 1. The van der Waals surface area contributed by atoms with Crippen LogP contribution in [0.3, 0.4) is 0 Å². The average Bonchev–Trinajstić information content (AvgIpc) is 2.28. The van der Waals surface area contributed by atoms with Gasteiger partial charge < -0.3 is 0 Å². The third kappa shape index (κ3) is 5.35. The molecule has 5 N–H and O–H groups in total. The fourth-order valence-corrected chi connectivity index (χ4v) is 1.49. The van der Waals surface area contributed by atoms with Crippen molar-refractivity contribution in [2.45, 2.75) is 19.4 Å². The second-order valence-electron chi connectivity index (χ2n) is 3.82. The number of hydrogen-bond acceptors (Lipinski definition) is 4. The molecule has 6 heteroatoms. The predicted molar refractivity (Wildman–Crippen MR) is 70.4 cm³/mol. The molecule has 0 aromatic carbocycles. The first-order valence-electron chi connectivity index (χ1n) is 5.60. The summed E-state index contributed by atoms with van der Waals surface area (Å²) in [4.78, 5) is 10.9. The van der Waals surface area contributed by atoms with Gasteiger partial charge in [0.05, 0.1) is 0 Å². The number of hydrogen-bond donors (Lipinski definition) is 4. The Labute approximate surface area is 103 Å². The molecule has 1 unspecified atom stereocenters. The molecule has 1 aliphatic carbocycles. The molecule has 0 saturated carbocycles. The van der Waals surface area contributed by atoms with Crippen molar-refractivity contribution in [1.82, 2.24) is 16.0 Å². The van der Waals surface area contributed by atoms with E-state index in [4.69, 9.17) is 13.2 Å². The Morgan fingerprint density at radius 1 is 1.65 bits per heavy atom. The Morgan fingerprint density at radius 3 is 2.94 bits per heavy atom. The molecule has 1 rings (SSSR count). The maximum absolute atomic E-state index is 10.9. The molecule has 0 saturated heterocycles. The minimum atomic E-state index is -0.0276. The second-order valence-corrected chi connectivity index (χ2v) is 3.82. The van der Waals surface area contributed by atoms with E-state index < -0.39 is 0 Å². The van der Waals surface area contributed by atoms with E-state index in [1.54, 1.807) is 0 Å². The minimum absolute atomic E-state index is 0.0276. The Morgan fingerprint density at radius 2 is 2.41 bits per heavy atom. The van der Waals surface area contributed by atoms with Crippen molar-refractivity contribution >= 4 is 19.1 Å². The van der Waals surface area contributed by atoms with E-state index in [9.17, 15) is 4.79 Å². The van der Waals surface area contributed by atoms with Crippen LogP contribution in [0.5, 0.6) is 0 Å². The number of nitrogens with one attached hydrogen (secondary N) is 3. The van der Waals surface area contributed by atoms with Gasteiger partial charge in [-0.1, -0.05) is 0 Å². The number of amides is 1. The molecule has 0 aromatic heterocycles. The fourth-order valence-electron chi connectivity index (χ4n) is 1.49. The first-order chi connectivity index (χ1) is 8.11. The van der Waals surface area contributed by atoms with Gasteiger partial charge in [-0.05, 0) is 0 Å². The zero-order valence-corrected chi connectivity index (χ0v) is 9.99. The Hall–Kier alpha value is -1.56. The molecule has 0 aromatic rings. The number of rotatable bonds is 6. The summed E-state index contributed by atoms with van der Waals surface area (Å²) in [6, 6.07) is 0.0660. The summed E-state index contributed by atoms with van der Waals surface area (Å²) in [6.45, 7) is 2.67. The van der Waals surface area contributed by atoms with Crippen LogP contribution < -0.4 is 21.7 Å². The summed E-state index contributed by atoms with van der Waals surface area (Å²) in [5.74, 6) is -0.0276. The molecule has 1 amide bonds. The first-order valence-corrected chi connectivity index (χ1v) is 5.60. The van der Waals surface area contributed by atoms with Crippen molar-refractivity contribution in [3.05, 3.63) is 23.9 Å². The summed E-state index contributed by atoms with van der Waals surface area (Å²) in [7, 11) is 5.70. The van der Waals surface area contributed by atoms with Gasteiger partial charge in [0.15, 0.2) is 0 Å². The van der Waals surface area contributed by atoms with Gasteiger partial charge in [0.25, 0.3) is 0 Å². The molecule has 0 fully saturated rings. The summed E-state index contributed by atoms with van der Waals surface area (Å²) < 4.78 is 0. The van der Waals surface area contributed by atoms with Crippen molar-refractivity contribution < 1.29 is 4.79 Å². The molecule has 1 aliphatic rings. The van der Waals surface area contributed by atoms with Gasteiger partial charge in [-0.15, -0.1) is 0 Å². The van der Waals surface area contributed by atoms with Crippen molar-refractivity contribution in [2.24, 2.45) is 5.73 Å². The average molecular weight is 233 g/mol. The molecule has 0 spiro atoms. The number of nitrogens with two attached hydrogens (primary N) is 1. The van der Waals surface area contributed by atoms with Crippen molar-refractivity contribution in [1.29, 1.82) is 0 Å². The van der Waals surface area contributed by atoms with E-state index in [-0.39, 0.29) is 11.9 Å². The molecule has 0 aliphatic heterocycles. The van der Waals surface area contributed by atoms with Crippen LogP contribution in [0.25, 0.3) is 0 Å². The van der Waals surface area contributed by atoms with E-state index in [0.29, 0.717) is 18.8 Å². The topological polar surface area (TPSA) is 79.2 Å². The van der Waals surface area contributed by atoms with E-state index >= 15 is 0 Å². The summed E-state index contributed by atoms with van der Waals surface area (Å²) >= 11 is 0. The third-order valence-corrected chi connectivity index (χ3v) is 2.23. The number of carbonyl (C=O) groups is 1. The quantitative estimate of drug-likeness (QED) is 0.431. The fraction of sp³-hybridized carbons (Fsp3) is 0.455. The van der Waals surface area contributed by atoms with Crippen molar-refractivity contribution in [3.63, 3.8) is 0 Å². The van der Waals surface area contributed by atoms with Gasteiger partial charge in [-0.3, -0.25) is 0 Å². The third-order valence-electron chi connectivity index (χ3n) is 2.23. The zero-order valence-electron chi connectivity index (χ0n) is 9.99. The summed E-state index contributed by atoms with van der Waals surface area (Å²) in [5, 5.41) is 8.78. The first kappa shape index (κ1) is 13.5. The normalized spacial score (nSPS) is 18.2. The maximum atomic E-state index is 10.9. The molecule has 0 heterocycles. The molecule has 0 bridgehead atoms. The van der Waals surface area contributed by atoms with E-state index in [0.717, 1.165) is 12.1 Å². The molecule has 1 radical (unpaired) electrons. The Bertz CT molecular complexity index is 351. The predicted octanol–water partition coefficient (Wildman–Crippen LogP) is -1.27. The van der Waals surface area contributed by atoms with Crippen LogP contribution in [0.4, 0.5) is 0 Å². The Kier molecular flexibility index (Phi) is 5.49. The van der Waals surface area contributed by atoms with Crippen LogP contribution in [0.15, 0.2) is 23.9 Å². The van der Waals surface area contributed by atoms with Crippen molar-refractivity contribution in [3.8, 4) is 0 Å². The SMILES string of the molecule is [B]=C(NCCN)NC1=CCC(NC(C)=O)C=C1.